The lowest BCUT2D eigenvalue weighted by Gasteiger charge is -2.40. The number of benzene rings is 1. The Hall–Kier alpha value is -2.40. The van der Waals surface area contributed by atoms with E-state index in [-0.39, 0.29) is 46.7 Å². The van der Waals surface area contributed by atoms with Crippen LogP contribution in [0.25, 0.3) is 11.0 Å². The molecule has 170 valence electrons. The number of sulfonamides is 1. The Kier molecular flexibility index (Phi) is 6.57. The molecule has 2 aliphatic heterocycles. The molecule has 32 heavy (non-hydrogen) atoms. The Bertz CT molecular complexity index is 1230. The molecule has 0 aliphatic carbocycles. The minimum atomic E-state index is -3.86. The molecule has 0 spiro atoms. The highest BCUT2D eigenvalue weighted by atomic mass is 35.5. The number of aromatic nitrogens is 2. The molecular weight excluding hydrogens is 479 g/mol. The number of rotatable bonds is 4. The van der Waals surface area contributed by atoms with E-state index < -0.39 is 16.1 Å². The van der Waals surface area contributed by atoms with Crippen molar-refractivity contribution in [1.29, 1.82) is 0 Å². The largest absolute Gasteiger partial charge is 0.444 e. The first-order valence-electron chi connectivity index (χ1n) is 9.88. The van der Waals surface area contributed by atoms with Crippen LogP contribution in [0.3, 0.4) is 0 Å². The Labute approximate surface area is 194 Å². The second kappa shape index (κ2) is 9.22. The maximum atomic E-state index is 13.3. The topological polar surface area (TPSA) is 106 Å². The average molecular weight is 499 g/mol. The van der Waals surface area contributed by atoms with Gasteiger partial charge in [-0.15, -0.1) is 0 Å². The van der Waals surface area contributed by atoms with Crippen molar-refractivity contribution < 1.29 is 22.6 Å². The lowest BCUT2D eigenvalue weighted by atomic mass is 10.0. The molecule has 0 N–H and O–H groups in total. The number of hydrogen-bond donors (Lipinski definition) is 0. The van der Waals surface area contributed by atoms with Gasteiger partial charge >= 0.3 is 6.09 Å². The van der Waals surface area contributed by atoms with Crippen LogP contribution in [0.5, 0.6) is 0 Å². The third-order valence-electron chi connectivity index (χ3n) is 5.55. The minimum absolute atomic E-state index is 0.0157. The third kappa shape index (κ3) is 4.03. The van der Waals surface area contributed by atoms with Crippen LogP contribution in [0.15, 0.2) is 56.7 Å². The number of ether oxygens (including phenoxy) is 1. The molecule has 1 aromatic heterocycles. The summed E-state index contributed by atoms with van der Waals surface area (Å²) in [6.07, 6.45) is 5.68. The van der Waals surface area contributed by atoms with E-state index in [1.54, 1.807) is 17.1 Å². The summed E-state index contributed by atoms with van der Waals surface area (Å²) in [5.74, 6) is 0. The van der Waals surface area contributed by atoms with Crippen LogP contribution in [0, 0.1) is 0 Å². The first kappa shape index (κ1) is 22.8. The van der Waals surface area contributed by atoms with E-state index in [0.717, 1.165) is 5.57 Å². The zero-order valence-electron chi connectivity index (χ0n) is 17.1. The van der Waals surface area contributed by atoms with Gasteiger partial charge in [-0.25, -0.2) is 17.8 Å². The molecule has 9 nitrogen and oxygen atoms in total. The van der Waals surface area contributed by atoms with Crippen LogP contribution >= 0.6 is 23.2 Å². The fourth-order valence-corrected chi connectivity index (χ4v) is 5.78. The van der Waals surface area contributed by atoms with E-state index in [2.05, 4.69) is 14.9 Å². The molecule has 0 saturated carbocycles. The number of amides is 1. The highest BCUT2D eigenvalue weighted by Gasteiger charge is 2.38. The number of halogens is 2. The van der Waals surface area contributed by atoms with Gasteiger partial charge in [-0.05, 0) is 54.4 Å². The minimum Gasteiger partial charge on any atom is -0.444 e. The number of allylic oxidation sites excluding steroid dienone is 3. The molecule has 0 radical (unpaired) electrons. The van der Waals surface area contributed by atoms with Crippen molar-refractivity contribution in [2.24, 2.45) is 0 Å². The molecule has 0 unspecified atom stereocenters. The summed E-state index contributed by atoms with van der Waals surface area (Å²) in [5, 5.41) is 7.66. The summed E-state index contributed by atoms with van der Waals surface area (Å²) in [6.45, 7) is 2.48. The van der Waals surface area contributed by atoms with E-state index in [4.69, 9.17) is 27.9 Å². The summed E-state index contributed by atoms with van der Waals surface area (Å²) in [5.41, 5.74) is 3.21. The molecule has 0 bridgehead atoms. The predicted molar refractivity (Wildman–Crippen MR) is 119 cm³/mol. The summed E-state index contributed by atoms with van der Waals surface area (Å²) in [4.78, 5) is 14.2. The highest BCUT2D eigenvalue weighted by molar-refractivity contribution is 7.89. The van der Waals surface area contributed by atoms with Gasteiger partial charge in [0, 0.05) is 30.2 Å². The van der Waals surface area contributed by atoms with Gasteiger partial charge in [0.1, 0.15) is 11.5 Å². The van der Waals surface area contributed by atoms with E-state index in [1.807, 2.05) is 13.0 Å². The first-order valence-corrected chi connectivity index (χ1v) is 12.1. The zero-order valence-corrected chi connectivity index (χ0v) is 19.4. The van der Waals surface area contributed by atoms with Crippen molar-refractivity contribution in [1.82, 2.24) is 19.5 Å². The summed E-state index contributed by atoms with van der Waals surface area (Å²) in [6, 6.07) is 2.63. The maximum Gasteiger partial charge on any atom is 0.414 e. The molecule has 2 aromatic rings. The molecular formula is C20H20Cl2N4O5S. The molecule has 4 rings (SSSR count). The molecule has 2 saturated heterocycles. The van der Waals surface area contributed by atoms with Crippen LogP contribution in [0.1, 0.15) is 19.8 Å². The van der Waals surface area contributed by atoms with Crippen molar-refractivity contribution >= 4 is 50.4 Å². The molecule has 1 amide bonds. The molecule has 3 heterocycles. The standard InChI is InChI=1S/C20H20Cl2N4O5S/c1-2-13-12-30-20(27)26(16(13)4-3-9-21)14-7-10-25(11-8-14)32(28,29)17-6-5-15(22)18-19(17)24-31-23-18/h2-6,9,14H,7-8,10-12H2,1H3/b9-3+,13-2-,16-4+. The Balaban J connectivity index is 1.57. The van der Waals surface area contributed by atoms with Crippen molar-refractivity contribution in [2.75, 3.05) is 19.7 Å². The van der Waals surface area contributed by atoms with Crippen LogP contribution in [-0.2, 0) is 14.8 Å². The lowest BCUT2D eigenvalue weighted by Crippen LogP contribution is -2.50. The molecule has 2 fully saturated rings. The number of piperidine rings is 1. The van der Waals surface area contributed by atoms with Gasteiger partial charge < -0.3 is 4.74 Å². The molecule has 12 heteroatoms. The summed E-state index contributed by atoms with van der Waals surface area (Å²) < 4.78 is 38.0. The Morgan fingerprint density at radius 3 is 2.59 bits per heavy atom. The van der Waals surface area contributed by atoms with Gasteiger partial charge in [-0.3, -0.25) is 4.90 Å². The van der Waals surface area contributed by atoms with Gasteiger partial charge in [0.25, 0.3) is 0 Å². The Morgan fingerprint density at radius 1 is 1.19 bits per heavy atom. The first-order chi connectivity index (χ1) is 15.4. The molecule has 2 aliphatic rings. The normalized spacial score (nSPS) is 21.8. The second-order valence-corrected chi connectivity index (χ2v) is 9.82. The van der Waals surface area contributed by atoms with Crippen LogP contribution in [0.4, 0.5) is 4.79 Å². The van der Waals surface area contributed by atoms with Crippen LogP contribution < -0.4 is 0 Å². The highest BCUT2D eigenvalue weighted by Crippen LogP contribution is 2.33. The third-order valence-corrected chi connectivity index (χ3v) is 7.93. The number of hydrogen-bond acceptors (Lipinski definition) is 7. The number of carbonyl (C=O) groups is 1. The molecule has 0 atom stereocenters. The lowest BCUT2D eigenvalue weighted by molar-refractivity contribution is 0.0819. The second-order valence-electron chi connectivity index (χ2n) is 7.25. The van der Waals surface area contributed by atoms with Crippen molar-refractivity contribution in [2.45, 2.75) is 30.7 Å². The van der Waals surface area contributed by atoms with Gasteiger partial charge in [-0.1, -0.05) is 29.3 Å². The van der Waals surface area contributed by atoms with Gasteiger partial charge in [-0.2, -0.15) is 4.31 Å². The predicted octanol–water partition coefficient (Wildman–Crippen LogP) is 4.06. The molecule has 1 aromatic carbocycles. The average Bonchev–Trinajstić information content (AvgIpc) is 3.28. The number of fused-ring (bicyclic) bond motifs is 1. The maximum absolute atomic E-state index is 13.3. The van der Waals surface area contributed by atoms with Gasteiger partial charge in [0.05, 0.1) is 10.7 Å². The zero-order chi connectivity index (χ0) is 22.9. The van der Waals surface area contributed by atoms with E-state index in [9.17, 15) is 13.2 Å². The van der Waals surface area contributed by atoms with Crippen LogP contribution in [-0.4, -0.2) is 59.8 Å². The quantitative estimate of drug-likeness (QED) is 0.625. The summed E-state index contributed by atoms with van der Waals surface area (Å²) in [7, 11) is -3.86. The number of cyclic esters (lactones) is 1. The van der Waals surface area contributed by atoms with E-state index in [1.165, 1.54) is 22.0 Å². The van der Waals surface area contributed by atoms with Crippen LogP contribution in [0.2, 0.25) is 5.02 Å². The fourth-order valence-electron chi connectivity index (χ4n) is 3.93. The summed E-state index contributed by atoms with van der Waals surface area (Å²) >= 11 is 11.7. The van der Waals surface area contributed by atoms with Crippen molar-refractivity contribution in [3.8, 4) is 0 Å². The van der Waals surface area contributed by atoms with E-state index >= 15 is 0 Å². The van der Waals surface area contributed by atoms with Crippen molar-refractivity contribution in [3.05, 3.63) is 52.2 Å². The Morgan fingerprint density at radius 2 is 1.91 bits per heavy atom. The SMILES string of the molecule is C/C=C1/COC(=O)N(C2CCN(S(=O)(=O)c3ccc(Cl)c4nonc34)CC2)/C1=C/C=C/Cl. The van der Waals surface area contributed by atoms with Gasteiger partial charge in [0.2, 0.25) is 10.0 Å². The van der Waals surface area contributed by atoms with Crippen molar-refractivity contribution in [3.63, 3.8) is 0 Å². The number of carbonyl (C=O) groups excluding carboxylic acids is 1. The smallest absolute Gasteiger partial charge is 0.414 e. The van der Waals surface area contributed by atoms with Gasteiger partial charge in [0.15, 0.2) is 11.0 Å². The number of nitrogens with zero attached hydrogens (tertiary/aromatic N) is 4. The fraction of sp³-hybridized carbons (Fsp3) is 0.350. The monoisotopic (exact) mass is 498 g/mol. The van der Waals surface area contributed by atoms with E-state index in [0.29, 0.717) is 18.5 Å².